The number of anilines is 1. The van der Waals surface area contributed by atoms with Crippen molar-refractivity contribution in [3.63, 3.8) is 0 Å². The number of rotatable bonds is 8. The van der Waals surface area contributed by atoms with Crippen LogP contribution in [-0.4, -0.2) is 51.5 Å². The molecule has 4 aromatic rings. The molecule has 3 N–H and O–H groups in total. The van der Waals surface area contributed by atoms with Crippen molar-refractivity contribution >= 4 is 50.1 Å². The van der Waals surface area contributed by atoms with E-state index >= 15 is 0 Å². The van der Waals surface area contributed by atoms with Crippen LogP contribution < -0.4 is 19.9 Å². The van der Waals surface area contributed by atoms with Crippen molar-refractivity contribution in [2.45, 2.75) is 34.7 Å². The number of aromatic nitrogens is 5. The Morgan fingerprint density at radius 1 is 1.21 bits per heavy atom. The molecule has 0 amide bonds. The minimum absolute atomic E-state index is 0.159. The lowest BCUT2D eigenvalue weighted by Gasteiger charge is -2.12. The van der Waals surface area contributed by atoms with Gasteiger partial charge in [-0.25, -0.2) is 33.1 Å². The van der Waals surface area contributed by atoms with Crippen molar-refractivity contribution in [3.8, 4) is 22.1 Å². The fraction of sp³-hybridized carbons (Fsp3) is 0.300. The fourth-order valence-corrected chi connectivity index (χ4v) is 6.79. The van der Waals surface area contributed by atoms with Gasteiger partial charge >= 0.3 is 0 Å². The zero-order valence-electron chi connectivity index (χ0n) is 17.7. The number of ether oxygens (including phenoxy) is 2. The first kappa shape index (κ1) is 21.6. The molecular formula is C20H19N7O4S3. The van der Waals surface area contributed by atoms with Gasteiger partial charge in [-0.1, -0.05) is 11.8 Å². The molecule has 1 aliphatic heterocycles. The first-order valence-corrected chi connectivity index (χ1v) is 13.7. The van der Waals surface area contributed by atoms with Gasteiger partial charge in [0.15, 0.2) is 33.6 Å². The van der Waals surface area contributed by atoms with Crippen LogP contribution in [0.3, 0.4) is 0 Å². The highest BCUT2D eigenvalue weighted by Crippen LogP contribution is 2.45. The van der Waals surface area contributed by atoms with Crippen molar-refractivity contribution < 1.29 is 17.9 Å². The van der Waals surface area contributed by atoms with Gasteiger partial charge in [-0.2, -0.15) is 0 Å². The average Bonchev–Trinajstić information content (AvgIpc) is 3.21. The van der Waals surface area contributed by atoms with Gasteiger partial charge in [0.25, 0.3) is 0 Å². The molecule has 1 saturated carbocycles. The van der Waals surface area contributed by atoms with Crippen LogP contribution in [-0.2, 0) is 16.6 Å². The van der Waals surface area contributed by atoms with Crippen LogP contribution in [0.2, 0.25) is 0 Å². The highest BCUT2D eigenvalue weighted by Gasteiger charge is 2.35. The molecule has 1 aliphatic carbocycles. The first-order chi connectivity index (χ1) is 16.5. The zero-order valence-corrected chi connectivity index (χ0v) is 20.1. The number of nitrogens with two attached hydrogens (primary N) is 1. The van der Waals surface area contributed by atoms with Gasteiger partial charge in [-0.05, 0) is 25.0 Å². The molecule has 0 saturated heterocycles. The van der Waals surface area contributed by atoms with Crippen molar-refractivity contribution in [1.29, 1.82) is 0 Å². The third-order valence-corrected chi connectivity index (χ3v) is 9.28. The van der Waals surface area contributed by atoms with Crippen molar-refractivity contribution in [3.05, 3.63) is 30.0 Å². The molecule has 0 atom stereocenters. The fourth-order valence-electron chi connectivity index (χ4n) is 3.64. The molecule has 1 aromatic carbocycles. The van der Waals surface area contributed by atoms with Crippen LogP contribution in [0.1, 0.15) is 12.8 Å². The van der Waals surface area contributed by atoms with Gasteiger partial charge in [0.1, 0.15) is 11.3 Å². The van der Waals surface area contributed by atoms with Gasteiger partial charge in [-0.3, -0.25) is 0 Å². The molecule has 176 valence electrons. The van der Waals surface area contributed by atoms with Crippen molar-refractivity contribution in [1.82, 2.24) is 29.2 Å². The molecule has 1 fully saturated rings. The first-order valence-electron chi connectivity index (χ1n) is 10.5. The lowest BCUT2D eigenvalue weighted by Crippen LogP contribution is -2.30. The van der Waals surface area contributed by atoms with E-state index in [9.17, 15) is 8.42 Å². The summed E-state index contributed by atoms with van der Waals surface area (Å²) in [6.45, 7) is 0.702. The largest absolute Gasteiger partial charge is 0.454 e. The van der Waals surface area contributed by atoms with E-state index in [1.807, 2.05) is 22.1 Å². The average molecular weight is 518 g/mol. The number of imidazole rings is 1. The smallest absolute Gasteiger partial charge is 0.231 e. The molecule has 11 nitrogen and oxygen atoms in total. The molecule has 14 heteroatoms. The molecule has 4 heterocycles. The summed E-state index contributed by atoms with van der Waals surface area (Å²) in [6.07, 6.45) is 4.53. The highest BCUT2D eigenvalue weighted by atomic mass is 32.2. The third kappa shape index (κ3) is 3.96. The summed E-state index contributed by atoms with van der Waals surface area (Å²) >= 11 is 2.91. The van der Waals surface area contributed by atoms with Crippen LogP contribution in [0.25, 0.3) is 21.7 Å². The van der Waals surface area contributed by atoms with E-state index in [2.05, 4.69) is 19.7 Å². The zero-order chi connectivity index (χ0) is 23.3. The van der Waals surface area contributed by atoms with Gasteiger partial charge < -0.3 is 19.8 Å². The summed E-state index contributed by atoms with van der Waals surface area (Å²) in [5.74, 6) is 1.56. The van der Waals surface area contributed by atoms with Gasteiger partial charge in [-0.15, -0.1) is 11.3 Å². The standard InChI is InChI=1S/C20H19N7O4S3/c21-17-16-18(24-9-23-17)27(5-3-25-34(28,29)11-1-2-11)20(26-16)33-15-8-14-13(30-10-31-14)7-12(15)19-22-4-6-32-19/h4,6-9,11,25H,1-3,5,10H2,(H2,21,23,24). The number of thiazole rings is 1. The topological polar surface area (TPSA) is 147 Å². The highest BCUT2D eigenvalue weighted by molar-refractivity contribution is 7.99. The van der Waals surface area contributed by atoms with Crippen molar-refractivity contribution in [2.75, 3.05) is 19.1 Å². The number of fused-ring (bicyclic) bond motifs is 2. The van der Waals surface area contributed by atoms with Gasteiger partial charge in [0, 0.05) is 35.1 Å². The number of nitrogens with zero attached hydrogens (tertiary/aromatic N) is 5. The maximum atomic E-state index is 12.3. The summed E-state index contributed by atoms with van der Waals surface area (Å²) in [7, 11) is -3.30. The summed E-state index contributed by atoms with van der Waals surface area (Å²) in [4.78, 5) is 18.4. The quantitative estimate of drug-likeness (QED) is 0.357. The number of nitrogen functional groups attached to an aromatic ring is 1. The van der Waals surface area contributed by atoms with Crippen LogP contribution in [0.5, 0.6) is 11.5 Å². The number of benzene rings is 1. The van der Waals surface area contributed by atoms with E-state index in [1.165, 1.54) is 29.4 Å². The van der Waals surface area contributed by atoms with Gasteiger partial charge in [0.05, 0.1) is 5.25 Å². The maximum Gasteiger partial charge on any atom is 0.231 e. The molecule has 6 rings (SSSR count). The normalized spacial score (nSPS) is 15.3. The number of sulfonamides is 1. The molecule has 2 aliphatic rings. The maximum absolute atomic E-state index is 12.3. The van der Waals surface area contributed by atoms with Gasteiger partial charge in [0.2, 0.25) is 16.8 Å². The Bertz CT molecular complexity index is 1480. The molecule has 34 heavy (non-hydrogen) atoms. The van der Waals surface area contributed by atoms with E-state index in [-0.39, 0.29) is 24.4 Å². The van der Waals surface area contributed by atoms with E-state index in [4.69, 9.17) is 20.2 Å². The molecular weight excluding hydrogens is 498 g/mol. The number of nitrogens with one attached hydrogen (secondary N) is 1. The molecule has 0 unspecified atom stereocenters. The summed E-state index contributed by atoms with van der Waals surface area (Å²) in [6, 6.07) is 3.81. The minimum Gasteiger partial charge on any atom is -0.454 e. The van der Waals surface area contributed by atoms with Crippen LogP contribution >= 0.6 is 23.1 Å². The predicted molar refractivity (Wildman–Crippen MR) is 127 cm³/mol. The molecule has 0 spiro atoms. The molecule has 0 radical (unpaired) electrons. The number of hydrogen-bond donors (Lipinski definition) is 2. The Hall–Kier alpha value is -2.94. The second kappa shape index (κ2) is 8.37. The second-order valence-electron chi connectivity index (χ2n) is 7.76. The van der Waals surface area contributed by atoms with Crippen LogP contribution in [0, 0.1) is 0 Å². The molecule has 0 bridgehead atoms. The molecule has 3 aromatic heterocycles. The Kier molecular flexibility index (Phi) is 5.32. The second-order valence-corrected chi connectivity index (χ2v) is 11.7. The van der Waals surface area contributed by atoms with Crippen molar-refractivity contribution in [2.24, 2.45) is 0 Å². The van der Waals surface area contributed by atoms with Crippen LogP contribution in [0.15, 0.2) is 40.1 Å². The third-order valence-electron chi connectivity index (χ3n) is 5.47. The Morgan fingerprint density at radius 3 is 2.79 bits per heavy atom. The Labute approximate surface area is 202 Å². The lowest BCUT2D eigenvalue weighted by molar-refractivity contribution is 0.174. The minimum atomic E-state index is -3.30. The summed E-state index contributed by atoms with van der Waals surface area (Å²) < 4.78 is 40.3. The monoisotopic (exact) mass is 517 g/mol. The van der Waals surface area contributed by atoms with E-state index in [0.717, 1.165) is 15.5 Å². The Balaban J connectivity index is 1.38. The van der Waals surface area contributed by atoms with E-state index in [1.54, 1.807) is 6.20 Å². The summed E-state index contributed by atoms with van der Waals surface area (Å²) in [5.41, 5.74) is 7.95. The van der Waals surface area contributed by atoms with E-state index < -0.39 is 10.0 Å². The SMILES string of the molecule is Nc1ncnc2c1nc(Sc1cc3c(cc1-c1nccs1)OCO3)n2CCNS(=O)(=O)C1CC1. The Morgan fingerprint density at radius 2 is 2.03 bits per heavy atom. The predicted octanol–water partition coefficient (Wildman–Crippen LogP) is 2.49. The van der Waals surface area contributed by atoms with Crippen LogP contribution in [0.4, 0.5) is 5.82 Å². The van der Waals surface area contributed by atoms with E-state index in [0.29, 0.717) is 47.2 Å². The lowest BCUT2D eigenvalue weighted by atomic mass is 10.2. The summed E-state index contributed by atoms with van der Waals surface area (Å²) in [5, 5.41) is 3.06. The number of hydrogen-bond acceptors (Lipinski definition) is 11.